The van der Waals surface area contributed by atoms with Crippen molar-refractivity contribution >= 4 is 35.3 Å². The first-order chi connectivity index (χ1) is 16.8. The van der Waals surface area contributed by atoms with Crippen molar-refractivity contribution in [3.8, 4) is 11.1 Å². The average molecular weight is 491 g/mol. The van der Waals surface area contributed by atoms with Crippen LogP contribution in [0.3, 0.4) is 0 Å². The normalized spacial score (nSPS) is 15.0. The van der Waals surface area contributed by atoms with E-state index in [9.17, 15) is 14.4 Å². The molecule has 3 aromatic rings. The van der Waals surface area contributed by atoms with E-state index >= 15 is 0 Å². The molecule has 0 heterocycles. The van der Waals surface area contributed by atoms with Gasteiger partial charge in [-0.2, -0.15) is 0 Å². The van der Waals surface area contributed by atoms with E-state index in [1.807, 2.05) is 24.3 Å². The fourth-order valence-electron chi connectivity index (χ4n) is 4.60. The summed E-state index contributed by atoms with van der Waals surface area (Å²) in [7, 11) is 0. The molecule has 0 atom stereocenters. The van der Waals surface area contributed by atoms with Crippen LogP contribution >= 0.6 is 11.6 Å². The smallest absolute Gasteiger partial charge is 0.407 e. The lowest BCUT2D eigenvalue weighted by atomic mass is 9.98. The maximum Gasteiger partial charge on any atom is 0.407 e. The molecule has 0 saturated heterocycles. The van der Waals surface area contributed by atoms with Crippen molar-refractivity contribution in [3.63, 3.8) is 0 Å². The zero-order valence-electron chi connectivity index (χ0n) is 18.7. The van der Waals surface area contributed by atoms with E-state index < -0.39 is 17.6 Å². The Balaban J connectivity index is 1.19. The number of ether oxygens (including phenoxy) is 1. The first-order valence-corrected chi connectivity index (χ1v) is 11.7. The number of rotatable bonds is 7. The van der Waals surface area contributed by atoms with Crippen LogP contribution in [-0.4, -0.2) is 35.2 Å². The van der Waals surface area contributed by atoms with Gasteiger partial charge in [0.1, 0.15) is 6.61 Å². The van der Waals surface area contributed by atoms with Gasteiger partial charge in [0.25, 0.3) is 0 Å². The van der Waals surface area contributed by atoms with Crippen LogP contribution in [0.2, 0.25) is 5.02 Å². The van der Waals surface area contributed by atoms with Crippen LogP contribution in [0.25, 0.3) is 11.1 Å². The first-order valence-electron chi connectivity index (χ1n) is 11.3. The van der Waals surface area contributed by atoms with Crippen molar-refractivity contribution in [2.45, 2.75) is 30.7 Å². The highest BCUT2D eigenvalue weighted by Crippen LogP contribution is 2.45. The molecule has 0 radical (unpaired) electrons. The van der Waals surface area contributed by atoms with Crippen LogP contribution in [0.1, 0.15) is 46.7 Å². The number of carboxylic acid groups (broad SMARTS) is 1. The number of benzene rings is 3. The summed E-state index contributed by atoms with van der Waals surface area (Å²) in [6.45, 7) is 0.194. The van der Waals surface area contributed by atoms with Crippen molar-refractivity contribution < 1.29 is 24.2 Å². The van der Waals surface area contributed by atoms with Gasteiger partial charge in [0, 0.05) is 5.92 Å². The van der Waals surface area contributed by atoms with Gasteiger partial charge in [0.05, 0.1) is 28.2 Å². The minimum absolute atomic E-state index is 0.0163. The fraction of sp³-hybridized carbons (Fsp3) is 0.222. The quantitative estimate of drug-likeness (QED) is 0.409. The number of hydrogen-bond donors (Lipinski definition) is 3. The molecule has 35 heavy (non-hydrogen) atoms. The van der Waals surface area contributed by atoms with E-state index in [-0.39, 0.29) is 41.1 Å². The van der Waals surface area contributed by atoms with Crippen LogP contribution in [0.4, 0.5) is 10.5 Å². The molecule has 2 aliphatic rings. The SMILES string of the molecule is O=C(CC1(NC(=O)OCC2c3ccccc3-c3ccccc32)CC1)Nc1cc(C(=O)O)ccc1Cl. The molecule has 0 unspecified atom stereocenters. The van der Waals surface area contributed by atoms with Crippen molar-refractivity contribution in [3.05, 3.63) is 88.4 Å². The summed E-state index contributed by atoms with van der Waals surface area (Å²) < 4.78 is 5.61. The van der Waals surface area contributed by atoms with Crippen LogP contribution in [0.15, 0.2) is 66.7 Å². The summed E-state index contributed by atoms with van der Waals surface area (Å²) in [6.07, 6.45) is 0.759. The molecule has 178 valence electrons. The van der Waals surface area contributed by atoms with E-state index in [0.717, 1.165) is 22.3 Å². The van der Waals surface area contributed by atoms with Crippen molar-refractivity contribution in [1.82, 2.24) is 5.32 Å². The van der Waals surface area contributed by atoms with E-state index in [1.54, 1.807) is 0 Å². The van der Waals surface area contributed by atoms with E-state index in [2.05, 4.69) is 34.9 Å². The molecular formula is C27H23ClN2O5. The zero-order valence-corrected chi connectivity index (χ0v) is 19.5. The zero-order chi connectivity index (χ0) is 24.6. The van der Waals surface area contributed by atoms with Gasteiger partial charge in [0.2, 0.25) is 5.91 Å². The Morgan fingerprint density at radius 2 is 1.60 bits per heavy atom. The molecule has 0 bridgehead atoms. The fourth-order valence-corrected chi connectivity index (χ4v) is 4.77. The summed E-state index contributed by atoms with van der Waals surface area (Å²) >= 11 is 6.09. The molecule has 5 rings (SSSR count). The van der Waals surface area contributed by atoms with Crippen LogP contribution in [0.5, 0.6) is 0 Å². The summed E-state index contributed by atoms with van der Waals surface area (Å²) in [4.78, 5) is 36.4. The van der Waals surface area contributed by atoms with Crippen LogP contribution < -0.4 is 10.6 Å². The third-order valence-electron chi connectivity index (χ3n) is 6.55. The lowest BCUT2D eigenvalue weighted by molar-refractivity contribution is -0.116. The van der Waals surface area contributed by atoms with Gasteiger partial charge in [-0.1, -0.05) is 60.1 Å². The van der Waals surface area contributed by atoms with Crippen LogP contribution in [0, 0.1) is 0 Å². The number of carbonyl (C=O) groups excluding carboxylic acids is 2. The Labute approximate surface area is 207 Å². The third kappa shape index (κ3) is 4.72. The largest absolute Gasteiger partial charge is 0.478 e. The molecule has 3 aromatic carbocycles. The summed E-state index contributed by atoms with van der Waals surface area (Å²) in [6, 6.07) is 20.3. The summed E-state index contributed by atoms with van der Waals surface area (Å²) in [5, 5.41) is 14.9. The second kappa shape index (κ2) is 9.07. The molecule has 2 aliphatic carbocycles. The first kappa shape index (κ1) is 22.9. The highest BCUT2D eigenvalue weighted by Gasteiger charge is 2.46. The lowest BCUT2D eigenvalue weighted by Crippen LogP contribution is -2.40. The average Bonchev–Trinajstić information content (AvgIpc) is 3.50. The van der Waals surface area contributed by atoms with Gasteiger partial charge < -0.3 is 20.5 Å². The molecule has 0 aliphatic heterocycles. The lowest BCUT2D eigenvalue weighted by Gasteiger charge is -2.19. The number of carbonyl (C=O) groups is 3. The number of anilines is 1. The molecule has 1 saturated carbocycles. The molecule has 0 spiro atoms. The second-order valence-corrected chi connectivity index (χ2v) is 9.36. The number of fused-ring (bicyclic) bond motifs is 3. The topological polar surface area (TPSA) is 105 Å². The molecule has 2 amide bonds. The molecule has 3 N–H and O–H groups in total. The number of alkyl carbamates (subject to hydrolysis) is 1. The number of hydrogen-bond acceptors (Lipinski definition) is 4. The highest BCUT2D eigenvalue weighted by molar-refractivity contribution is 6.33. The Hall–Kier alpha value is -3.84. The van der Waals surface area contributed by atoms with Crippen molar-refractivity contribution in [1.29, 1.82) is 0 Å². The Kier molecular flexibility index (Phi) is 5.94. The van der Waals surface area contributed by atoms with Crippen molar-refractivity contribution in [2.24, 2.45) is 0 Å². The van der Waals surface area contributed by atoms with Gasteiger partial charge in [0.15, 0.2) is 0 Å². The number of carboxylic acids is 1. The maximum absolute atomic E-state index is 12.6. The third-order valence-corrected chi connectivity index (χ3v) is 6.88. The monoisotopic (exact) mass is 490 g/mol. The second-order valence-electron chi connectivity index (χ2n) is 8.96. The Morgan fingerprint density at radius 3 is 2.20 bits per heavy atom. The maximum atomic E-state index is 12.6. The Bertz CT molecular complexity index is 1290. The number of nitrogens with one attached hydrogen (secondary N) is 2. The molecule has 7 nitrogen and oxygen atoms in total. The predicted molar refractivity (Wildman–Crippen MR) is 132 cm³/mol. The predicted octanol–water partition coefficient (Wildman–Crippen LogP) is 5.44. The number of halogens is 1. The number of amides is 2. The van der Waals surface area contributed by atoms with Gasteiger partial charge in [-0.05, 0) is 53.3 Å². The summed E-state index contributed by atoms with van der Waals surface area (Å²) in [5.74, 6) is -1.53. The minimum Gasteiger partial charge on any atom is -0.478 e. The molecule has 8 heteroatoms. The van der Waals surface area contributed by atoms with E-state index in [1.165, 1.54) is 18.2 Å². The van der Waals surface area contributed by atoms with Crippen molar-refractivity contribution in [2.75, 3.05) is 11.9 Å². The van der Waals surface area contributed by atoms with Gasteiger partial charge >= 0.3 is 12.1 Å². The standard InChI is InChI=1S/C27H23ClN2O5/c28-22-10-9-16(25(32)33)13-23(22)29-24(31)14-27(11-12-27)30-26(34)35-15-21-19-7-3-1-5-17(19)18-6-2-4-8-20(18)21/h1-10,13,21H,11-12,14-15H2,(H,29,31)(H,30,34)(H,32,33). The van der Waals surface area contributed by atoms with Crippen LogP contribution in [-0.2, 0) is 9.53 Å². The van der Waals surface area contributed by atoms with E-state index in [0.29, 0.717) is 12.8 Å². The molecular weight excluding hydrogens is 468 g/mol. The van der Waals surface area contributed by atoms with E-state index in [4.69, 9.17) is 21.4 Å². The highest BCUT2D eigenvalue weighted by atomic mass is 35.5. The van der Waals surface area contributed by atoms with Gasteiger partial charge in [-0.3, -0.25) is 4.79 Å². The van der Waals surface area contributed by atoms with Gasteiger partial charge in [-0.25, -0.2) is 9.59 Å². The molecule has 0 aromatic heterocycles. The Morgan fingerprint density at radius 1 is 0.971 bits per heavy atom. The van der Waals surface area contributed by atoms with Gasteiger partial charge in [-0.15, -0.1) is 0 Å². The molecule has 1 fully saturated rings. The number of aromatic carboxylic acids is 1. The minimum atomic E-state index is -1.12. The summed E-state index contributed by atoms with van der Waals surface area (Å²) in [5.41, 5.74) is 4.11.